The molecule has 2 heteroatoms. The van der Waals surface area contributed by atoms with Crippen molar-refractivity contribution in [3.05, 3.63) is 0 Å². The lowest BCUT2D eigenvalue weighted by Gasteiger charge is -2.48. The first-order valence-electron chi connectivity index (χ1n) is 4.70. The second-order valence-electron chi connectivity index (χ2n) is 2.60. The second-order valence-corrected chi connectivity index (χ2v) is 2.60. The molecule has 2 fully saturated rings. The summed E-state index contributed by atoms with van der Waals surface area (Å²) in [4.78, 5) is 0. The Bertz CT molecular complexity index is 70.1. The minimum Gasteiger partial charge on any atom is -0.380 e. The minimum atomic E-state index is 0.611. The van der Waals surface area contributed by atoms with Crippen molar-refractivity contribution in [2.24, 2.45) is 5.41 Å². The number of rotatable bonds is 0. The Morgan fingerprint density at radius 1 is 1.00 bits per heavy atom. The highest BCUT2D eigenvalue weighted by molar-refractivity contribution is 4.96. The quantitative estimate of drug-likeness (QED) is 0.580. The summed E-state index contributed by atoms with van der Waals surface area (Å²) < 4.78 is 5.04. The topological polar surface area (TPSA) is 21.3 Å². The maximum absolute atomic E-state index is 5.04. The molecule has 0 aliphatic carbocycles. The lowest BCUT2D eigenvalue weighted by Crippen LogP contribution is -2.64. The summed E-state index contributed by atoms with van der Waals surface area (Å²) in [6.45, 7) is 12.4. The molecule has 0 aromatic rings. The third kappa shape index (κ3) is 2.46. The molecule has 1 spiro atoms. The first-order chi connectivity index (χ1) is 5.41. The van der Waals surface area contributed by atoms with E-state index in [9.17, 15) is 0 Å². The molecule has 0 saturated carbocycles. The van der Waals surface area contributed by atoms with Gasteiger partial charge in [0.05, 0.1) is 13.2 Å². The average molecular weight is 159 g/mol. The molecule has 2 heterocycles. The fourth-order valence-electron chi connectivity index (χ4n) is 1.07. The molecule has 68 valence electrons. The number of nitrogens with one attached hydrogen (secondary N) is 1. The van der Waals surface area contributed by atoms with Gasteiger partial charge in [0.15, 0.2) is 0 Å². The van der Waals surface area contributed by atoms with Crippen LogP contribution in [0.25, 0.3) is 0 Å². The summed E-state index contributed by atoms with van der Waals surface area (Å²) in [5.41, 5.74) is 0.611. The van der Waals surface area contributed by atoms with E-state index in [2.05, 4.69) is 5.32 Å². The van der Waals surface area contributed by atoms with Gasteiger partial charge >= 0.3 is 0 Å². The zero-order valence-corrected chi connectivity index (χ0v) is 8.24. The predicted molar refractivity (Wildman–Crippen MR) is 48.8 cm³/mol. The highest BCUT2D eigenvalue weighted by Gasteiger charge is 2.43. The van der Waals surface area contributed by atoms with Gasteiger partial charge in [0.1, 0.15) is 0 Å². The monoisotopic (exact) mass is 159 g/mol. The molecule has 0 bridgehead atoms. The van der Waals surface area contributed by atoms with Crippen LogP contribution in [0.15, 0.2) is 0 Å². The van der Waals surface area contributed by atoms with Crippen molar-refractivity contribution in [1.29, 1.82) is 0 Å². The van der Waals surface area contributed by atoms with Crippen LogP contribution in [0.2, 0.25) is 0 Å². The van der Waals surface area contributed by atoms with Gasteiger partial charge in [-0.1, -0.05) is 27.7 Å². The highest BCUT2D eigenvalue weighted by Crippen LogP contribution is 2.30. The van der Waals surface area contributed by atoms with Crippen molar-refractivity contribution < 1.29 is 4.74 Å². The molecule has 0 aromatic heterocycles. The maximum Gasteiger partial charge on any atom is 0.0569 e. The lowest BCUT2D eigenvalue weighted by atomic mass is 9.80. The molecule has 0 aromatic carbocycles. The maximum atomic E-state index is 5.04. The minimum absolute atomic E-state index is 0.611. The van der Waals surface area contributed by atoms with Crippen LogP contribution in [0, 0.1) is 5.41 Å². The van der Waals surface area contributed by atoms with E-state index >= 15 is 0 Å². The molecule has 0 radical (unpaired) electrons. The van der Waals surface area contributed by atoms with Gasteiger partial charge in [0.25, 0.3) is 0 Å². The molecule has 2 rings (SSSR count). The Morgan fingerprint density at radius 3 is 1.45 bits per heavy atom. The van der Waals surface area contributed by atoms with Crippen LogP contribution in [-0.4, -0.2) is 26.3 Å². The summed E-state index contributed by atoms with van der Waals surface area (Å²) in [7, 11) is 0. The van der Waals surface area contributed by atoms with E-state index < -0.39 is 0 Å². The van der Waals surface area contributed by atoms with Crippen LogP contribution in [0.3, 0.4) is 0 Å². The SMILES string of the molecule is C1NCC12COC2.CC.CC. The van der Waals surface area contributed by atoms with E-state index in [1.54, 1.807) is 0 Å². The van der Waals surface area contributed by atoms with Crippen LogP contribution in [0.1, 0.15) is 27.7 Å². The van der Waals surface area contributed by atoms with Crippen LogP contribution in [0.4, 0.5) is 0 Å². The molecule has 0 atom stereocenters. The second kappa shape index (κ2) is 5.56. The van der Waals surface area contributed by atoms with Crippen molar-refractivity contribution in [1.82, 2.24) is 5.32 Å². The predicted octanol–water partition coefficient (Wildman–Crippen LogP) is 1.66. The largest absolute Gasteiger partial charge is 0.380 e. The molecule has 0 unspecified atom stereocenters. The Kier molecular flexibility index (Phi) is 5.51. The van der Waals surface area contributed by atoms with Crippen LogP contribution in [0.5, 0.6) is 0 Å². The van der Waals surface area contributed by atoms with E-state index in [-0.39, 0.29) is 0 Å². The fraction of sp³-hybridized carbons (Fsp3) is 1.00. The molecular weight excluding hydrogens is 138 g/mol. The number of hydrogen-bond acceptors (Lipinski definition) is 2. The smallest absolute Gasteiger partial charge is 0.0569 e. The van der Waals surface area contributed by atoms with Crippen molar-refractivity contribution in [3.63, 3.8) is 0 Å². The zero-order valence-electron chi connectivity index (χ0n) is 8.24. The van der Waals surface area contributed by atoms with E-state index in [1.165, 1.54) is 13.1 Å². The molecule has 2 aliphatic heterocycles. The summed E-state index contributed by atoms with van der Waals surface area (Å²) in [6.07, 6.45) is 0. The Morgan fingerprint density at radius 2 is 1.45 bits per heavy atom. The molecular formula is C9H21NO. The Labute approximate surface area is 70.3 Å². The van der Waals surface area contributed by atoms with Crippen molar-refractivity contribution in [3.8, 4) is 0 Å². The summed E-state index contributed by atoms with van der Waals surface area (Å²) in [6, 6.07) is 0. The first-order valence-corrected chi connectivity index (χ1v) is 4.70. The van der Waals surface area contributed by atoms with Crippen LogP contribution in [-0.2, 0) is 4.74 Å². The Hall–Kier alpha value is -0.0800. The standard InChI is InChI=1S/C5H9NO.2C2H6/c1-5(2-6-1)3-7-4-5;2*1-2/h6H,1-4H2;2*1-2H3. The highest BCUT2D eigenvalue weighted by atomic mass is 16.5. The van der Waals surface area contributed by atoms with Gasteiger partial charge < -0.3 is 10.1 Å². The number of hydrogen-bond donors (Lipinski definition) is 1. The van der Waals surface area contributed by atoms with Crippen molar-refractivity contribution in [2.45, 2.75) is 27.7 Å². The summed E-state index contributed by atoms with van der Waals surface area (Å²) in [5.74, 6) is 0. The van der Waals surface area contributed by atoms with Gasteiger partial charge in [0, 0.05) is 18.5 Å². The molecule has 2 aliphatic rings. The van der Waals surface area contributed by atoms with Gasteiger partial charge in [-0.25, -0.2) is 0 Å². The van der Waals surface area contributed by atoms with Gasteiger partial charge in [-0.15, -0.1) is 0 Å². The average Bonchev–Trinajstić information content (AvgIpc) is 1.90. The molecule has 11 heavy (non-hydrogen) atoms. The molecule has 0 amide bonds. The van der Waals surface area contributed by atoms with E-state index in [0.717, 1.165) is 13.2 Å². The Balaban J connectivity index is 0.000000222. The fourth-order valence-corrected chi connectivity index (χ4v) is 1.07. The van der Waals surface area contributed by atoms with E-state index in [4.69, 9.17) is 4.74 Å². The summed E-state index contributed by atoms with van der Waals surface area (Å²) in [5, 5.41) is 3.22. The molecule has 2 nitrogen and oxygen atoms in total. The van der Waals surface area contributed by atoms with Crippen molar-refractivity contribution >= 4 is 0 Å². The summed E-state index contributed by atoms with van der Waals surface area (Å²) >= 11 is 0. The van der Waals surface area contributed by atoms with Gasteiger partial charge in [-0.05, 0) is 0 Å². The third-order valence-corrected chi connectivity index (χ3v) is 1.82. The number of ether oxygens (including phenoxy) is 1. The molecule has 2 saturated heterocycles. The van der Waals surface area contributed by atoms with Crippen LogP contribution < -0.4 is 5.32 Å². The first kappa shape index (κ1) is 10.9. The van der Waals surface area contributed by atoms with Gasteiger partial charge in [0.2, 0.25) is 0 Å². The van der Waals surface area contributed by atoms with Gasteiger partial charge in [-0.3, -0.25) is 0 Å². The third-order valence-electron chi connectivity index (χ3n) is 1.82. The van der Waals surface area contributed by atoms with E-state index in [1.807, 2.05) is 27.7 Å². The van der Waals surface area contributed by atoms with Crippen LogP contribution >= 0.6 is 0 Å². The van der Waals surface area contributed by atoms with E-state index in [0.29, 0.717) is 5.41 Å². The van der Waals surface area contributed by atoms with Gasteiger partial charge in [-0.2, -0.15) is 0 Å². The molecule has 1 N–H and O–H groups in total. The lowest BCUT2D eigenvalue weighted by molar-refractivity contribution is -0.139. The van der Waals surface area contributed by atoms with Crippen molar-refractivity contribution in [2.75, 3.05) is 26.3 Å². The zero-order chi connectivity index (χ0) is 8.74. The normalized spacial score (nSPS) is 22.9.